The number of rotatable bonds is 8. The van der Waals surface area contributed by atoms with Crippen molar-refractivity contribution in [2.75, 3.05) is 37.7 Å². The van der Waals surface area contributed by atoms with Gasteiger partial charge in [0.1, 0.15) is 6.73 Å². The highest BCUT2D eigenvalue weighted by molar-refractivity contribution is 6.76. The van der Waals surface area contributed by atoms with Gasteiger partial charge >= 0.3 is 0 Å². The van der Waals surface area contributed by atoms with Crippen LogP contribution in [0.25, 0.3) is 10.9 Å². The van der Waals surface area contributed by atoms with Gasteiger partial charge in [-0.25, -0.2) is 0 Å². The van der Waals surface area contributed by atoms with Crippen LogP contribution in [0.4, 0.5) is 5.69 Å². The van der Waals surface area contributed by atoms with Crippen LogP contribution in [0.2, 0.25) is 25.7 Å². The number of benzene rings is 1. The van der Waals surface area contributed by atoms with Gasteiger partial charge < -0.3 is 19.7 Å². The number of nitrogens with zero attached hydrogens (tertiary/aromatic N) is 3. The van der Waals surface area contributed by atoms with E-state index in [1.807, 2.05) is 12.3 Å². The van der Waals surface area contributed by atoms with Gasteiger partial charge in [-0.1, -0.05) is 37.8 Å². The van der Waals surface area contributed by atoms with Gasteiger partial charge in [0.25, 0.3) is 0 Å². The van der Waals surface area contributed by atoms with E-state index in [0.717, 1.165) is 51.1 Å². The molecular formula is C23H34N4O2Si. The van der Waals surface area contributed by atoms with E-state index in [4.69, 9.17) is 4.74 Å². The molecule has 1 aromatic carbocycles. The lowest BCUT2D eigenvalue weighted by Crippen LogP contribution is -2.45. The molecule has 6 nitrogen and oxygen atoms in total. The summed E-state index contributed by atoms with van der Waals surface area (Å²) >= 11 is 0. The van der Waals surface area contributed by atoms with E-state index in [1.54, 1.807) is 4.57 Å². The second-order valence-electron chi connectivity index (χ2n) is 9.52. The maximum Gasteiger partial charge on any atom is 0.194 e. The smallest absolute Gasteiger partial charge is 0.194 e. The maximum atomic E-state index is 10.3. The molecule has 0 aliphatic carbocycles. The van der Waals surface area contributed by atoms with E-state index in [-0.39, 0.29) is 5.88 Å². The quantitative estimate of drug-likeness (QED) is 0.416. The Balaban J connectivity index is 1.27. The highest BCUT2D eigenvalue weighted by atomic mass is 28.3. The molecule has 1 fully saturated rings. The zero-order chi connectivity index (χ0) is 21.1. The minimum Gasteiger partial charge on any atom is -0.494 e. The first-order valence-electron chi connectivity index (χ1n) is 10.9. The summed E-state index contributed by atoms with van der Waals surface area (Å²) in [5.41, 5.74) is 3.55. The second kappa shape index (κ2) is 8.87. The average molecular weight is 427 g/mol. The van der Waals surface area contributed by atoms with Crippen LogP contribution in [0.15, 0.2) is 42.6 Å². The number of piperazine rings is 1. The number of anilines is 1. The Labute approximate surface area is 180 Å². The lowest BCUT2D eigenvalue weighted by molar-refractivity contribution is 0.0821. The summed E-state index contributed by atoms with van der Waals surface area (Å²) in [4.78, 5) is 8.36. The van der Waals surface area contributed by atoms with E-state index in [1.165, 1.54) is 16.6 Å². The van der Waals surface area contributed by atoms with E-state index in [9.17, 15) is 5.11 Å². The summed E-state index contributed by atoms with van der Waals surface area (Å²) < 4.78 is 7.60. The molecule has 2 aromatic heterocycles. The van der Waals surface area contributed by atoms with Crippen LogP contribution in [0, 0.1) is 0 Å². The number of H-pyrrole nitrogens is 1. The standard InChI is InChI=1S/C23H34N4O2Si/c1-30(2,3)13-12-29-18-27-17-21(15-23(27)28)26-10-8-25(9-11-26)16-20-14-19-6-4-5-7-22(19)24-20/h4-7,14-15,17,24,28H,8-13,16,18H2,1-3H3. The topological polar surface area (TPSA) is 56.7 Å². The van der Waals surface area contributed by atoms with Gasteiger partial charge in [-0.15, -0.1) is 0 Å². The average Bonchev–Trinajstić information content (AvgIpc) is 3.28. The van der Waals surface area contributed by atoms with E-state index in [0.29, 0.717) is 6.73 Å². The zero-order valence-electron chi connectivity index (χ0n) is 18.4. The third-order valence-electron chi connectivity index (χ3n) is 5.80. The van der Waals surface area contributed by atoms with Crippen molar-refractivity contribution in [2.24, 2.45) is 0 Å². The number of nitrogens with one attached hydrogen (secondary N) is 1. The molecule has 3 aromatic rings. The zero-order valence-corrected chi connectivity index (χ0v) is 19.4. The van der Waals surface area contributed by atoms with Crippen LogP contribution in [-0.2, 0) is 18.0 Å². The fourth-order valence-electron chi connectivity index (χ4n) is 3.92. The molecule has 0 saturated carbocycles. The van der Waals surface area contributed by atoms with Crippen LogP contribution in [0.3, 0.4) is 0 Å². The van der Waals surface area contributed by atoms with Gasteiger partial charge in [0.05, 0.1) is 5.69 Å². The molecule has 0 unspecified atom stereocenters. The first-order valence-corrected chi connectivity index (χ1v) is 14.6. The Morgan fingerprint density at radius 2 is 1.83 bits per heavy atom. The molecule has 0 spiro atoms. The summed E-state index contributed by atoms with van der Waals surface area (Å²) in [6.07, 6.45) is 2.01. The van der Waals surface area contributed by atoms with Crippen molar-refractivity contribution < 1.29 is 9.84 Å². The molecule has 0 bridgehead atoms. The van der Waals surface area contributed by atoms with Crippen LogP contribution in [0.5, 0.6) is 5.88 Å². The predicted octanol–water partition coefficient (Wildman–Crippen LogP) is 4.31. The number of hydrogen-bond acceptors (Lipinski definition) is 4. The Morgan fingerprint density at radius 3 is 2.57 bits per heavy atom. The van der Waals surface area contributed by atoms with Crippen LogP contribution in [0.1, 0.15) is 5.69 Å². The molecule has 30 heavy (non-hydrogen) atoms. The lowest BCUT2D eigenvalue weighted by atomic mass is 10.2. The lowest BCUT2D eigenvalue weighted by Gasteiger charge is -2.35. The number of aromatic hydroxyl groups is 1. The molecule has 2 N–H and O–H groups in total. The normalized spacial score (nSPS) is 15.9. The molecule has 3 heterocycles. The first-order chi connectivity index (χ1) is 14.4. The maximum absolute atomic E-state index is 10.3. The summed E-state index contributed by atoms with van der Waals surface area (Å²) in [5, 5.41) is 11.6. The molecule has 162 valence electrons. The molecule has 0 radical (unpaired) electrons. The van der Waals surface area contributed by atoms with Crippen LogP contribution < -0.4 is 4.90 Å². The summed E-state index contributed by atoms with van der Waals surface area (Å²) in [6, 6.07) is 13.7. The highest BCUT2D eigenvalue weighted by Crippen LogP contribution is 2.25. The number of para-hydroxylation sites is 1. The number of aromatic amines is 1. The SMILES string of the molecule is C[Si](C)(C)CCOCn1cc(N2CCN(Cc3cc4ccccc4[nH]3)CC2)cc1O. The van der Waals surface area contributed by atoms with Crippen molar-refractivity contribution in [1.82, 2.24) is 14.5 Å². The Hall–Kier alpha value is -2.22. The van der Waals surface area contributed by atoms with Crippen LogP contribution in [-0.4, -0.2) is 60.4 Å². The van der Waals surface area contributed by atoms with Gasteiger partial charge in [-0.3, -0.25) is 9.47 Å². The molecular weight excluding hydrogens is 392 g/mol. The largest absolute Gasteiger partial charge is 0.494 e. The van der Waals surface area contributed by atoms with Gasteiger partial charge in [0.15, 0.2) is 5.88 Å². The molecule has 0 amide bonds. The summed E-state index contributed by atoms with van der Waals surface area (Å²) in [5.74, 6) is 0.276. The molecule has 1 aliphatic heterocycles. The van der Waals surface area contributed by atoms with Crippen molar-refractivity contribution >= 4 is 24.7 Å². The third kappa shape index (κ3) is 5.27. The first kappa shape index (κ1) is 21.0. The Bertz CT molecular complexity index is 934. The van der Waals surface area contributed by atoms with Gasteiger partial charge in [-0.05, 0) is 23.6 Å². The van der Waals surface area contributed by atoms with Crippen molar-refractivity contribution in [2.45, 2.75) is 39.0 Å². The Kier molecular flexibility index (Phi) is 6.22. The Morgan fingerprint density at radius 1 is 1.07 bits per heavy atom. The predicted molar refractivity (Wildman–Crippen MR) is 126 cm³/mol. The van der Waals surface area contributed by atoms with Crippen molar-refractivity contribution in [3.8, 4) is 5.88 Å². The van der Waals surface area contributed by atoms with E-state index in [2.05, 4.69) is 64.8 Å². The summed E-state index contributed by atoms with van der Waals surface area (Å²) in [7, 11) is -1.09. The molecule has 7 heteroatoms. The summed E-state index contributed by atoms with van der Waals surface area (Å²) in [6.45, 7) is 13.1. The minimum atomic E-state index is -1.09. The van der Waals surface area contributed by atoms with Crippen molar-refractivity contribution in [3.05, 3.63) is 48.3 Å². The molecule has 0 atom stereocenters. The second-order valence-corrected chi connectivity index (χ2v) is 15.1. The number of ether oxygens (including phenoxy) is 1. The fraction of sp³-hybridized carbons (Fsp3) is 0.478. The molecule has 1 saturated heterocycles. The van der Waals surface area contributed by atoms with Gasteiger partial charge in [0.2, 0.25) is 0 Å². The fourth-order valence-corrected chi connectivity index (χ4v) is 4.68. The van der Waals surface area contributed by atoms with Gasteiger partial charge in [-0.2, -0.15) is 0 Å². The van der Waals surface area contributed by atoms with Gasteiger partial charge in [0, 0.05) is 70.9 Å². The monoisotopic (exact) mass is 426 g/mol. The number of fused-ring (bicyclic) bond motifs is 1. The third-order valence-corrected chi connectivity index (χ3v) is 7.51. The number of aromatic nitrogens is 2. The van der Waals surface area contributed by atoms with Crippen molar-refractivity contribution in [1.29, 1.82) is 0 Å². The molecule has 4 rings (SSSR count). The van der Waals surface area contributed by atoms with Crippen molar-refractivity contribution in [3.63, 3.8) is 0 Å². The minimum absolute atomic E-state index is 0.276. The van der Waals surface area contributed by atoms with E-state index < -0.39 is 8.07 Å². The van der Waals surface area contributed by atoms with Crippen LogP contribution >= 0.6 is 0 Å². The molecule has 1 aliphatic rings. The van der Waals surface area contributed by atoms with E-state index >= 15 is 0 Å². The highest BCUT2D eigenvalue weighted by Gasteiger charge is 2.20. The number of hydrogen-bond donors (Lipinski definition) is 2.